The van der Waals surface area contributed by atoms with Crippen molar-refractivity contribution in [2.24, 2.45) is 5.10 Å². The number of halogens is 3. The highest BCUT2D eigenvalue weighted by molar-refractivity contribution is 7.20. The van der Waals surface area contributed by atoms with Crippen LogP contribution in [0.25, 0.3) is 10.2 Å². The van der Waals surface area contributed by atoms with Gasteiger partial charge in [0.1, 0.15) is 4.83 Å². The number of rotatable bonds is 6. The molecule has 3 rings (SSSR count). The summed E-state index contributed by atoms with van der Waals surface area (Å²) in [4.78, 5) is 38.1. The smallest absolute Gasteiger partial charge is 0.464 e. The normalized spacial score (nSPS) is 15.1. The molecule has 32 heavy (non-hydrogen) atoms. The minimum atomic E-state index is -4.84. The highest BCUT2D eigenvalue weighted by Gasteiger charge is 2.32. The molecule has 0 aliphatic heterocycles. The summed E-state index contributed by atoms with van der Waals surface area (Å²) in [7, 11) is 0. The maximum absolute atomic E-state index is 13.1. The van der Waals surface area contributed by atoms with E-state index < -0.39 is 42.4 Å². The molecule has 0 aromatic carbocycles. The zero-order valence-electron chi connectivity index (χ0n) is 17.9. The Labute approximate surface area is 184 Å². The van der Waals surface area contributed by atoms with Crippen LogP contribution in [-0.2, 0) is 11.3 Å². The van der Waals surface area contributed by atoms with Crippen molar-refractivity contribution in [3.8, 4) is 0 Å². The number of aryl methyl sites for hydroxylation is 1. The molecule has 1 N–H and O–H groups in total. The van der Waals surface area contributed by atoms with Crippen LogP contribution in [-0.4, -0.2) is 50.1 Å². The van der Waals surface area contributed by atoms with Crippen LogP contribution in [0.5, 0.6) is 0 Å². The molecule has 0 unspecified atom stereocenters. The number of amides is 1. The summed E-state index contributed by atoms with van der Waals surface area (Å²) in [6, 6.07) is -0.283. The van der Waals surface area contributed by atoms with Gasteiger partial charge in [-0.2, -0.15) is 10.1 Å². The Hall–Kier alpha value is -2.67. The summed E-state index contributed by atoms with van der Waals surface area (Å²) < 4.78 is 43.3. The summed E-state index contributed by atoms with van der Waals surface area (Å²) in [5, 5.41) is 14.5. The van der Waals surface area contributed by atoms with Gasteiger partial charge in [0.2, 0.25) is 0 Å². The van der Waals surface area contributed by atoms with Gasteiger partial charge in [-0.25, -0.2) is 9.59 Å². The molecular weight excluding hydrogens is 453 g/mol. The number of hydrazone groups is 1. The van der Waals surface area contributed by atoms with Crippen LogP contribution < -0.4 is 11.2 Å². The predicted octanol–water partition coefficient (Wildman–Crippen LogP) is 3.52. The first kappa shape index (κ1) is 24.0. The number of fused-ring (bicyclic) bond motifs is 1. The fourth-order valence-corrected chi connectivity index (χ4v) is 4.41. The van der Waals surface area contributed by atoms with Gasteiger partial charge in [-0.1, -0.05) is 0 Å². The van der Waals surface area contributed by atoms with Crippen LogP contribution in [0.4, 0.5) is 18.0 Å². The zero-order chi connectivity index (χ0) is 24.0. The lowest BCUT2D eigenvalue weighted by molar-refractivity contribution is -0.325. The van der Waals surface area contributed by atoms with Crippen LogP contribution in [0.15, 0.2) is 14.7 Å². The molecule has 1 aliphatic carbocycles. The van der Waals surface area contributed by atoms with Crippen LogP contribution >= 0.6 is 11.3 Å². The first-order chi connectivity index (χ1) is 14.7. The predicted molar refractivity (Wildman–Crippen MR) is 113 cm³/mol. The molecule has 0 radical (unpaired) electrons. The van der Waals surface area contributed by atoms with E-state index >= 15 is 0 Å². The van der Waals surface area contributed by atoms with E-state index in [1.54, 1.807) is 27.7 Å². The molecule has 13 heteroatoms. The second-order valence-corrected chi connectivity index (χ2v) is 9.45. The van der Waals surface area contributed by atoms with Gasteiger partial charge in [0.05, 0.1) is 35.2 Å². The molecule has 0 atom stereocenters. The van der Waals surface area contributed by atoms with Crippen molar-refractivity contribution in [1.29, 1.82) is 0 Å². The van der Waals surface area contributed by atoms with Gasteiger partial charge in [0.25, 0.3) is 5.56 Å². The number of nitrogens with zero attached hydrogens (tertiary/aromatic N) is 4. The lowest BCUT2D eigenvalue weighted by Gasteiger charge is -2.27. The fourth-order valence-electron chi connectivity index (χ4n) is 3.23. The second-order valence-electron chi connectivity index (χ2n) is 8.42. The highest BCUT2D eigenvalue weighted by atomic mass is 32.1. The van der Waals surface area contributed by atoms with Gasteiger partial charge in [0.15, 0.2) is 0 Å². The van der Waals surface area contributed by atoms with Crippen molar-refractivity contribution in [2.75, 3.05) is 6.61 Å². The molecule has 0 spiro atoms. The fraction of sp³-hybridized carbons (Fsp3) is 0.579. The lowest BCUT2D eigenvalue weighted by atomic mass is 10.1. The Bertz CT molecular complexity index is 1190. The van der Waals surface area contributed by atoms with Crippen molar-refractivity contribution < 1.29 is 27.8 Å². The number of thiophene rings is 1. The SMILES string of the molecule is Cc1c(/C=N/N(C(=O)O)C(C)(C)C)sc2c1c(=O)n(C1CC1)c(=O)n2CCOC(F)(F)F. The van der Waals surface area contributed by atoms with Crippen molar-refractivity contribution in [1.82, 2.24) is 14.1 Å². The van der Waals surface area contributed by atoms with Gasteiger partial charge in [-0.05, 0) is 46.1 Å². The molecule has 0 bridgehead atoms. The van der Waals surface area contributed by atoms with E-state index in [9.17, 15) is 32.7 Å². The third-order valence-corrected chi connectivity index (χ3v) is 6.13. The van der Waals surface area contributed by atoms with Crippen molar-refractivity contribution in [3.63, 3.8) is 0 Å². The monoisotopic (exact) mass is 476 g/mol. The largest absolute Gasteiger partial charge is 0.522 e. The summed E-state index contributed by atoms with van der Waals surface area (Å²) in [5.41, 5.74) is -1.57. The molecule has 2 aromatic heterocycles. The van der Waals surface area contributed by atoms with Crippen LogP contribution in [0.2, 0.25) is 0 Å². The third kappa shape index (κ3) is 4.88. The number of carboxylic acid groups (broad SMARTS) is 1. The van der Waals surface area contributed by atoms with Crippen LogP contribution in [0.1, 0.15) is 50.1 Å². The summed E-state index contributed by atoms with van der Waals surface area (Å²) in [5.74, 6) is 0. The Morgan fingerprint density at radius 3 is 2.44 bits per heavy atom. The molecule has 0 saturated heterocycles. The number of aromatic nitrogens is 2. The van der Waals surface area contributed by atoms with Crippen LogP contribution in [0, 0.1) is 6.92 Å². The third-order valence-electron chi connectivity index (χ3n) is 4.88. The molecule has 2 heterocycles. The van der Waals surface area contributed by atoms with Crippen molar-refractivity contribution in [3.05, 3.63) is 31.3 Å². The van der Waals surface area contributed by atoms with Gasteiger partial charge in [-0.3, -0.25) is 18.7 Å². The number of hydrogen-bond donors (Lipinski definition) is 1. The van der Waals surface area contributed by atoms with E-state index in [-0.39, 0.29) is 16.3 Å². The molecule has 1 amide bonds. The Morgan fingerprint density at radius 1 is 1.31 bits per heavy atom. The van der Waals surface area contributed by atoms with Crippen molar-refractivity contribution in [2.45, 2.75) is 65.0 Å². The number of carbonyl (C=O) groups is 1. The standard InChI is InChI=1S/C19H23F3N4O5S/c1-10-12(9-23-26(17(29)30)18(2,3)4)32-15-13(10)14(27)25(11-5-6-11)16(28)24(15)7-8-31-19(20,21)22/h9,11H,5-8H2,1-4H3,(H,29,30)/b23-9+. The van der Waals surface area contributed by atoms with Gasteiger partial charge >= 0.3 is 18.1 Å². The second kappa shape index (κ2) is 8.35. The molecule has 176 valence electrons. The minimum absolute atomic E-state index is 0.194. The van der Waals surface area contributed by atoms with E-state index in [0.717, 1.165) is 25.5 Å². The topological polar surface area (TPSA) is 106 Å². The van der Waals surface area contributed by atoms with E-state index in [2.05, 4.69) is 9.84 Å². The molecule has 1 fully saturated rings. The van der Waals surface area contributed by atoms with E-state index in [1.165, 1.54) is 6.21 Å². The Kier molecular flexibility index (Phi) is 6.26. The average molecular weight is 476 g/mol. The molecular formula is C19H23F3N4O5S. The summed E-state index contributed by atoms with van der Waals surface area (Å²) >= 11 is 0.986. The molecule has 1 aliphatic rings. The maximum Gasteiger partial charge on any atom is 0.522 e. The Morgan fingerprint density at radius 2 is 1.94 bits per heavy atom. The average Bonchev–Trinajstić information content (AvgIpc) is 3.40. The minimum Gasteiger partial charge on any atom is -0.464 e. The molecule has 1 saturated carbocycles. The van der Waals surface area contributed by atoms with Crippen molar-refractivity contribution >= 4 is 33.9 Å². The summed E-state index contributed by atoms with van der Waals surface area (Å²) in [6.07, 6.45) is -3.57. The zero-order valence-corrected chi connectivity index (χ0v) is 18.7. The highest BCUT2D eigenvalue weighted by Crippen LogP contribution is 2.34. The van der Waals surface area contributed by atoms with Gasteiger partial charge in [0, 0.05) is 6.04 Å². The van der Waals surface area contributed by atoms with E-state index in [0.29, 0.717) is 23.3 Å². The summed E-state index contributed by atoms with van der Waals surface area (Å²) in [6.45, 7) is 5.40. The maximum atomic E-state index is 13.1. The van der Waals surface area contributed by atoms with Crippen LogP contribution in [0.3, 0.4) is 0 Å². The number of ether oxygens (including phenoxy) is 1. The van der Waals surface area contributed by atoms with E-state index in [1.807, 2.05) is 0 Å². The molecule has 9 nitrogen and oxygen atoms in total. The quantitative estimate of drug-likeness (QED) is 0.507. The number of hydrogen-bond acceptors (Lipinski definition) is 6. The first-order valence-electron chi connectivity index (χ1n) is 9.78. The lowest BCUT2D eigenvalue weighted by Crippen LogP contribution is -2.41. The van der Waals surface area contributed by atoms with E-state index in [4.69, 9.17) is 0 Å². The Balaban J connectivity index is 2.13. The first-order valence-corrected chi connectivity index (χ1v) is 10.6. The number of alkyl halides is 3. The van der Waals surface area contributed by atoms with Gasteiger partial charge in [-0.15, -0.1) is 24.5 Å². The van der Waals surface area contributed by atoms with Gasteiger partial charge < -0.3 is 5.11 Å². The molecule has 2 aromatic rings.